The number of ether oxygens (including phenoxy) is 2. The predicted octanol–water partition coefficient (Wildman–Crippen LogP) is 3.92. The second kappa shape index (κ2) is 7.74. The lowest BCUT2D eigenvalue weighted by Gasteiger charge is -2.27. The fraction of sp³-hybridized carbons (Fsp3) is 0.160. The van der Waals surface area contributed by atoms with E-state index in [1.54, 1.807) is 42.5 Å². The number of anilines is 1. The summed E-state index contributed by atoms with van der Waals surface area (Å²) in [6.07, 6.45) is 0. The van der Waals surface area contributed by atoms with Crippen LogP contribution in [-0.2, 0) is 15.2 Å². The van der Waals surface area contributed by atoms with Gasteiger partial charge in [0.2, 0.25) is 0 Å². The molecule has 8 heteroatoms. The normalized spacial score (nSPS) is 20.6. The van der Waals surface area contributed by atoms with Crippen LogP contribution >= 0.6 is 0 Å². The molecule has 0 radical (unpaired) electrons. The van der Waals surface area contributed by atoms with E-state index in [0.717, 1.165) is 0 Å². The van der Waals surface area contributed by atoms with E-state index < -0.39 is 29.0 Å². The number of ketones is 1. The molecule has 33 heavy (non-hydrogen) atoms. The van der Waals surface area contributed by atoms with Crippen LogP contribution < -0.4 is 14.8 Å². The van der Waals surface area contributed by atoms with Crippen molar-refractivity contribution in [3.8, 4) is 11.5 Å². The lowest BCUT2D eigenvalue weighted by atomic mass is 9.74. The van der Waals surface area contributed by atoms with Gasteiger partial charge in [0.25, 0.3) is 11.5 Å². The Labute approximate surface area is 188 Å². The van der Waals surface area contributed by atoms with Crippen molar-refractivity contribution >= 4 is 23.1 Å². The largest absolute Gasteiger partial charge is 0.497 e. The maximum absolute atomic E-state index is 14.1. The van der Waals surface area contributed by atoms with Crippen LogP contribution in [0.1, 0.15) is 21.5 Å². The minimum atomic E-state index is -1.71. The first kappa shape index (κ1) is 20.7. The molecule has 1 N–H and O–H groups in total. The number of methoxy groups -OCH3 is 2. The monoisotopic (exact) mass is 446 g/mol. The number of nitrogens with zero attached hydrogens (tertiary/aromatic N) is 1. The molecular formula is C25H19FN2O5. The standard InChI is InChI=1S/C25H19FN2O5/c1-31-16-11-12-17(20(13-16)32-2)23(29)21-22(14-7-9-15(26)10-8-14)28-33-25(21)18-5-3-4-6-19(18)27-24(25)30/h3-13,21H,1-2H3,(H,27,30). The average Bonchev–Trinajstić information content (AvgIpc) is 3.37. The summed E-state index contributed by atoms with van der Waals surface area (Å²) in [5.74, 6) is -1.72. The highest BCUT2D eigenvalue weighted by Gasteiger charge is 2.63. The molecule has 1 spiro atoms. The zero-order valence-electron chi connectivity index (χ0n) is 17.8. The number of Topliss-reactive ketones (excluding diaryl/α,β-unsaturated/α-hetero) is 1. The van der Waals surface area contributed by atoms with Gasteiger partial charge in [0.05, 0.1) is 19.8 Å². The van der Waals surface area contributed by atoms with Crippen LogP contribution in [0.4, 0.5) is 10.1 Å². The van der Waals surface area contributed by atoms with Gasteiger partial charge in [-0.05, 0) is 30.3 Å². The van der Waals surface area contributed by atoms with E-state index in [1.165, 1.54) is 38.5 Å². The Morgan fingerprint density at radius 3 is 2.55 bits per heavy atom. The van der Waals surface area contributed by atoms with Crippen molar-refractivity contribution in [3.05, 3.63) is 89.2 Å². The number of carbonyl (C=O) groups excluding carboxylic acids is 2. The summed E-state index contributed by atoms with van der Waals surface area (Å²) in [6.45, 7) is 0. The maximum atomic E-state index is 14.1. The number of fused-ring (bicyclic) bond motifs is 2. The van der Waals surface area contributed by atoms with E-state index in [2.05, 4.69) is 10.5 Å². The molecule has 2 heterocycles. The van der Waals surface area contributed by atoms with Crippen LogP contribution in [0.3, 0.4) is 0 Å². The van der Waals surface area contributed by atoms with E-state index in [-0.39, 0.29) is 17.0 Å². The molecule has 0 saturated heterocycles. The lowest BCUT2D eigenvalue weighted by molar-refractivity contribution is -0.140. The molecule has 2 atom stereocenters. The molecule has 3 aromatic carbocycles. The van der Waals surface area contributed by atoms with Crippen LogP contribution in [0.25, 0.3) is 0 Å². The van der Waals surface area contributed by atoms with Gasteiger partial charge in [-0.3, -0.25) is 9.59 Å². The van der Waals surface area contributed by atoms with Crippen molar-refractivity contribution < 1.29 is 28.3 Å². The van der Waals surface area contributed by atoms with Gasteiger partial charge < -0.3 is 19.6 Å². The van der Waals surface area contributed by atoms with E-state index >= 15 is 0 Å². The third-order valence-corrected chi connectivity index (χ3v) is 5.96. The fourth-order valence-corrected chi connectivity index (χ4v) is 4.36. The van der Waals surface area contributed by atoms with Crippen LogP contribution in [0.5, 0.6) is 11.5 Å². The van der Waals surface area contributed by atoms with Crippen molar-refractivity contribution in [3.63, 3.8) is 0 Å². The zero-order valence-corrected chi connectivity index (χ0v) is 17.8. The van der Waals surface area contributed by atoms with Crippen LogP contribution in [-0.4, -0.2) is 31.6 Å². The Balaban J connectivity index is 1.70. The second-order valence-electron chi connectivity index (χ2n) is 7.67. The highest BCUT2D eigenvalue weighted by atomic mass is 19.1. The smallest absolute Gasteiger partial charge is 0.277 e. The summed E-state index contributed by atoms with van der Waals surface area (Å²) in [5, 5.41) is 6.98. The van der Waals surface area contributed by atoms with Gasteiger partial charge in [-0.2, -0.15) is 0 Å². The van der Waals surface area contributed by atoms with Crippen molar-refractivity contribution in [2.24, 2.45) is 11.1 Å². The average molecular weight is 446 g/mol. The quantitative estimate of drug-likeness (QED) is 0.601. The maximum Gasteiger partial charge on any atom is 0.277 e. The number of hydrogen-bond donors (Lipinski definition) is 1. The molecule has 2 aliphatic heterocycles. The molecule has 0 bridgehead atoms. The van der Waals surface area contributed by atoms with Crippen LogP contribution in [0.2, 0.25) is 0 Å². The van der Waals surface area contributed by atoms with Crippen molar-refractivity contribution in [2.75, 3.05) is 19.5 Å². The van der Waals surface area contributed by atoms with E-state index in [4.69, 9.17) is 14.3 Å². The fourth-order valence-electron chi connectivity index (χ4n) is 4.36. The number of nitrogens with one attached hydrogen (secondary N) is 1. The minimum Gasteiger partial charge on any atom is -0.497 e. The first-order valence-corrected chi connectivity index (χ1v) is 10.2. The van der Waals surface area contributed by atoms with Gasteiger partial charge in [0.1, 0.15) is 28.9 Å². The summed E-state index contributed by atoms with van der Waals surface area (Å²) in [6, 6.07) is 17.3. The molecule has 5 rings (SSSR count). The summed E-state index contributed by atoms with van der Waals surface area (Å²) >= 11 is 0. The molecule has 1 amide bonds. The molecule has 0 aromatic heterocycles. The molecule has 7 nitrogen and oxygen atoms in total. The SMILES string of the molecule is COc1ccc(C(=O)C2C(c3ccc(F)cc3)=NOC23C(=O)Nc2ccccc23)c(OC)c1. The summed E-state index contributed by atoms with van der Waals surface area (Å²) in [4.78, 5) is 33.2. The Morgan fingerprint density at radius 1 is 1.06 bits per heavy atom. The Kier molecular flexibility index (Phi) is 4.85. The van der Waals surface area contributed by atoms with Crippen molar-refractivity contribution in [2.45, 2.75) is 5.60 Å². The molecule has 166 valence electrons. The number of hydrogen-bond acceptors (Lipinski definition) is 6. The number of benzene rings is 3. The van der Waals surface area contributed by atoms with Gasteiger partial charge in [-0.15, -0.1) is 0 Å². The first-order chi connectivity index (χ1) is 16.0. The van der Waals surface area contributed by atoms with Crippen LogP contribution in [0.15, 0.2) is 71.9 Å². The van der Waals surface area contributed by atoms with Crippen LogP contribution in [0, 0.1) is 11.7 Å². The predicted molar refractivity (Wildman–Crippen MR) is 118 cm³/mol. The number of rotatable bonds is 5. The third kappa shape index (κ3) is 3.06. The number of para-hydroxylation sites is 1. The van der Waals surface area contributed by atoms with Gasteiger partial charge in [-0.25, -0.2) is 4.39 Å². The van der Waals surface area contributed by atoms with Gasteiger partial charge in [0, 0.05) is 22.9 Å². The number of halogens is 1. The number of amides is 1. The first-order valence-electron chi connectivity index (χ1n) is 10.2. The summed E-state index contributed by atoms with van der Waals surface area (Å²) in [7, 11) is 2.95. The molecule has 2 unspecified atom stereocenters. The van der Waals surface area contributed by atoms with E-state index in [0.29, 0.717) is 22.6 Å². The highest BCUT2D eigenvalue weighted by molar-refractivity contribution is 6.25. The number of carbonyl (C=O) groups is 2. The molecule has 0 aliphatic carbocycles. The molecule has 2 aliphatic rings. The molecule has 0 saturated carbocycles. The summed E-state index contributed by atoms with van der Waals surface area (Å²) in [5.41, 5.74) is 0.267. The zero-order chi connectivity index (χ0) is 23.2. The minimum absolute atomic E-state index is 0.227. The van der Waals surface area contributed by atoms with Gasteiger partial charge in [-0.1, -0.05) is 35.5 Å². The van der Waals surface area contributed by atoms with Gasteiger partial charge >= 0.3 is 0 Å². The van der Waals surface area contributed by atoms with Crippen molar-refractivity contribution in [1.82, 2.24) is 0 Å². The second-order valence-corrected chi connectivity index (χ2v) is 7.67. The van der Waals surface area contributed by atoms with E-state index in [9.17, 15) is 14.0 Å². The molecule has 3 aromatic rings. The lowest BCUT2D eigenvalue weighted by Crippen LogP contribution is -2.46. The number of oxime groups is 1. The Bertz CT molecular complexity index is 1300. The highest BCUT2D eigenvalue weighted by Crippen LogP contribution is 2.50. The Morgan fingerprint density at radius 2 is 1.82 bits per heavy atom. The molecular weight excluding hydrogens is 427 g/mol. The van der Waals surface area contributed by atoms with Crippen molar-refractivity contribution in [1.29, 1.82) is 0 Å². The topological polar surface area (TPSA) is 86.2 Å². The molecule has 0 fully saturated rings. The van der Waals surface area contributed by atoms with Gasteiger partial charge in [0.15, 0.2) is 5.78 Å². The Hall–Kier alpha value is -4.20. The third-order valence-electron chi connectivity index (χ3n) is 5.96. The van der Waals surface area contributed by atoms with E-state index in [1.807, 2.05) is 0 Å². The summed E-state index contributed by atoms with van der Waals surface area (Å²) < 4.78 is 24.3.